The van der Waals surface area contributed by atoms with Gasteiger partial charge in [-0.1, -0.05) is 12.0 Å². The third-order valence-corrected chi connectivity index (χ3v) is 8.12. The number of rotatable bonds is 11. The molecule has 12 heteroatoms. The lowest BCUT2D eigenvalue weighted by Gasteiger charge is -2.24. The molecule has 2 heterocycles. The Bertz CT molecular complexity index is 1370. The second-order valence-corrected chi connectivity index (χ2v) is 11.2. The second kappa shape index (κ2) is 14.2. The van der Waals surface area contributed by atoms with E-state index in [9.17, 15) is 17.7 Å². The Balaban J connectivity index is 1.53. The Morgan fingerprint density at radius 3 is 2.63 bits per heavy atom. The average Bonchev–Trinajstić information content (AvgIpc) is 3.30. The first kappa shape index (κ1) is 30.9. The summed E-state index contributed by atoms with van der Waals surface area (Å²) in [5.41, 5.74) is 2.15. The van der Waals surface area contributed by atoms with Crippen LogP contribution in [-0.4, -0.2) is 79.8 Å². The smallest absolute Gasteiger partial charge is 0.406 e. The molecule has 4 rings (SSSR count). The quantitative estimate of drug-likeness (QED) is 0.243. The number of alkyl halides is 3. The molecule has 2 aromatic carbocycles. The monoisotopic (exact) mass is 592 g/mol. The number of anilines is 2. The zero-order valence-electron chi connectivity index (χ0n) is 23.3. The molecule has 8 nitrogen and oxygen atoms in total. The summed E-state index contributed by atoms with van der Waals surface area (Å²) in [6.45, 7) is 1.28. The van der Waals surface area contributed by atoms with Crippen molar-refractivity contribution in [3.05, 3.63) is 48.2 Å². The third kappa shape index (κ3) is 8.24. The zero-order chi connectivity index (χ0) is 29.4. The summed E-state index contributed by atoms with van der Waals surface area (Å²) in [6, 6.07) is 12.4. The third-order valence-electron chi connectivity index (χ3n) is 6.72. The van der Waals surface area contributed by atoms with Crippen LogP contribution in [0.2, 0.25) is 0 Å². The number of fused-ring (bicyclic) bond motifs is 1. The van der Waals surface area contributed by atoms with Gasteiger partial charge in [-0.05, 0) is 49.1 Å². The molecule has 2 N–H and O–H groups in total. The van der Waals surface area contributed by atoms with E-state index in [2.05, 4.69) is 22.5 Å². The maximum absolute atomic E-state index is 13.5. The van der Waals surface area contributed by atoms with Gasteiger partial charge < -0.3 is 34.0 Å². The van der Waals surface area contributed by atoms with Gasteiger partial charge in [-0.15, -0.1) is 4.31 Å². The minimum Gasteiger partial charge on any atom is -0.593 e. The zero-order valence-corrected chi connectivity index (χ0v) is 24.2. The lowest BCUT2D eigenvalue weighted by Crippen LogP contribution is -2.30. The second-order valence-electron chi connectivity index (χ2n) is 9.61. The maximum atomic E-state index is 13.5. The van der Waals surface area contributed by atoms with Crippen LogP contribution >= 0.6 is 0 Å². The van der Waals surface area contributed by atoms with Crippen LogP contribution in [0.25, 0.3) is 10.9 Å². The number of ether oxygens (including phenoxy) is 3. The van der Waals surface area contributed by atoms with Gasteiger partial charge in [0.05, 0.1) is 55.1 Å². The molecule has 41 heavy (non-hydrogen) atoms. The van der Waals surface area contributed by atoms with Gasteiger partial charge in [0.1, 0.15) is 12.3 Å². The Morgan fingerprint density at radius 2 is 1.93 bits per heavy atom. The molecule has 1 atom stereocenters. The fourth-order valence-corrected chi connectivity index (χ4v) is 5.60. The van der Waals surface area contributed by atoms with E-state index in [0.717, 1.165) is 18.5 Å². The molecule has 0 bridgehead atoms. The first-order valence-electron chi connectivity index (χ1n) is 13.3. The predicted octanol–water partition coefficient (Wildman–Crippen LogP) is 4.87. The highest BCUT2D eigenvalue weighted by molar-refractivity contribution is 7.89. The number of methoxy groups -OCH3 is 2. The van der Waals surface area contributed by atoms with Crippen LogP contribution < -0.4 is 15.4 Å². The van der Waals surface area contributed by atoms with Gasteiger partial charge >= 0.3 is 6.18 Å². The van der Waals surface area contributed by atoms with Crippen LogP contribution in [0, 0.1) is 11.8 Å². The van der Waals surface area contributed by atoms with E-state index in [0.29, 0.717) is 53.6 Å². The number of nitrogens with one attached hydrogen (secondary N) is 2. The first-order valence-corrected chi connectivity index (χ1v) is 14.4. The summed E-state index contributed by atoms with van der Waals surface area (Å²) in [7, 11) is 4.84. The van der Waals surface area contributed by atoms with Crippen molar-refractivity contribution < 1.29 is 31.9 Å². The van der Waals surface area contributed by atoms with Gasteiger partial charge in [0, 0.05) is 50.6 Å². The number of benzene rings is 2. The van der Waals surface area contributed by atoms with Gasteiger partial charge in [-0.3, -0.25) is 0 Å². The molecule has 1 unspecified atom stereocenters. The Hall–Kier alpha value is -3.08. The Morgan fingerprint density at radius 1 is 1.15 bits per heavy atom. The normalized spacial score (nSPS) is 15.0. The SMILES string of the molecule is COCCN(C)[S+]([O-])c1ccc(NCC#Cc2cc3c(NC4CCOCC4)cccc3n2CC(F)(F)F)c(OC)c1. The molecule has 0 saturated carbocycles. The molecule has 0 radical (unpaired) electrons. The van der Waals surface area contributed by atoms with Gasteiger partial charge in [-0.25, -0.2) is 0 Å². The number of hydrogen-bond donors (Lipinski definition) is 2. The van der Waals surface area contributed by atoms with Gasteiger partial charge in [0.25, 0.3) is 0 Å². The minimum absolute atomic E-state index is 0.160. The number of hydrogen-bond acceptors (Lipinski definition) is 7. The lowest BCUT2D eigenvalue weighted by atomic mass is 10.1. The highest BCUT2D eigenvalue weighted by Crippen LogP contribution is 2.32. The Labute approximate surface area is 241 Å². The van der Waals surface area contributed by atoms with Gasteiger partial charge in [0.2, 0.25) is 0 Å². The fourth-order valence-electron chi connectivity index (χ4n) is 4.61. The van der Waals surface area contributed by atoms with E-state index in [-0.39, 0.29) is 18.3 Å². The van der Waals surface area contributed by atoms with E-state index in [1.807, 2.05) is 6.07 Å². The highest BCUT2D eigenvalue weighted by atomic mass is 32.2. The molecule has 222 valence electrons. The molecule has 1 aliphatic heterocycles. The molecular weight excluding hydrogens is 557 g/mol. The van der Waals surface area contributed by atoms with Crippen molar-refractivity contribution in [2.75, 3.05) is 64.8 Å². The molecule has 1 aromatic heterocycles. The van der Waals surface area contributed by atoms with Crippen molar-refractivity contribution >= 4 is 33.6 Å². The molecule has 1 saturated heterocycles. The van der Waals surface area contributed by atoms with Crippen LogP contribution in [0.4, 0.5) is 24.5 Å². The van der Waals surface area contributed by atoms with Gasteiger partial charge in [0.15, 0.2) is 4.90 Å². The van der Waals surface area contributed by atoms with Crippen LogP contribution in [-0.2, 0) is 27.4 Å². The predicted molar refractivity (Wildman–Crippen MR) is 155 cm³/mol. The van der Waals surface area contributed by atoms with Crippen molar-refractivity contribution in [2.24, 2.45) is 0 Å². The number of nitrogens with zero attached hydrogens (tertiary/aromatic N) is 2. The minimum atomic E-state index is -4.41. The topological polar surface area (TPSA) is 83.0 Å². The van der Waals surface area contributed by atoms with E-state index in [4.69, 9.17) is 14.2 Å². The summed E-state index contributed by atoms with van der Waals surface area (Å²) in [6.07, 6.45) is -2.73. The summed E-state index contributed by atoms with van der Waals surface area (Å²) >= 11 is -1.39. The van der Waals surface area contributed by atoms with Gasteiger partial charge in [-0.2, -0.15) is 13.2 Å². The summed E-state index contributed by atoms with van der Waals surface area (Å²) in [4.78, 5) is 0.568. The van der Waals surface area contributed by atoms with Crippen molar-refractivity contribution in [1.29, 1.82) is 0 Å². The molecule has 3 aromatic rings. The van der Waals surface area contributed by atoms with E-state index in [1.54, 1.807) is 54.9 Å². The number of halogens is 3. The van der Waals surface area contributed by atoms with Crippen LogP contribution in [0.1, 0.15) is 18.5 Å². The molecule has 1 aliphatic rings. The Kier molecular flexibility index (Phi) is 10.7. The largest absolute Gasteiger partial charge is 0.593 e. The van der Waals surface area contributed by atoms with Crippen molar-refractivity contribution in [3.8, 4) is 17.6 Å². The van der Waals surface area contributed by atoms with Crippen LogP contribution in [0.3, 0.4) is 0 Å². The summed E-state index contributed by atoms with van der Waals surface area (Å²) < 4.78 is 72.2. The lowest BCUT2D eigenvalue weighted by molar-refractivity contribution is -0.140. The molecule has 0 amide bonds. The molecular formula is C29H35F3N4O4S. The number of aromatic nitrogens is 1. The van der Waals surface area contributed by atoms with E-state index in [1.165, 1.54) is 11.7 Å². The highest BCUT2D eigenvalue weighted by Gasteiger charge is 2.30. The molecule has 0 aliphatic carbocycles. The summed E-state index contributed by atoms with van der Waals surface area (Å²) in [5.74, 6) is 6.35. The summed E-state index contributed by atoms with van der Waals surface area (Å²) in [5, 5.41) is 7.32. The average molecular weight is 593 g/mol. The first-order chi connectivity index (χ1) is 19.7. The number of likely N-dealkylation sites (N-methyl/N-ethyl adjacent to an activating group) is 1. The van der Waals surface area contributed by atoms with Crippen molar-refractivity contribution in [1.82, 2.24) is 8.87 Å². The standard InChI is InChI=1S/C29H35F3N4O4S/c1-35(14-17-38-2)41(37)23-9-10-26(28(19-23)39-3)33-13-5-6-22-18-24-25(34-21-11-15-40-16-12-21)7-4-8-27(24)36(22)20-29(30,31)32/h4,7-10,18-19,21,33-34H,11-17,20H2,1-3H3. The molecule has 1 fully saturated rings. The molecule has 0 spiro atoms. The maximum Gasteiger partial charge on any atom is 0.406 e. The van der Waals surface area contributed by atoms with Crippen molar-refractivity contribution in [3.63, 3.8) is 0 Å². The fraction of sp³-hybridized carbons (Fsp3) is 0.448. The van der Waals surface area contributed by atoms with Crippen LogP contribution in [0.15, 0.2) is 47.4 Å². The van der Waals surface area contributed by atoms with Crippen LogP contribution in [0.5, 0.6) is 5.75 Å². The van der Waals surface area contributed by atoms with Crippen molar-refractivity contribution in [2.45, 2.75) is 36.5 Å². The van der Waals surface area contributed by atoms with E-state index >= 15 is 0 Å². The van der Waals surface area contributed by atoms with E-state index < -0.39 is 24.1 Å².